The smallest absolute Gasteiger partial charge is 0.175 e. The Morgan fingerprint density at radius 1 is 1.04 bits per heavy atom. The molecule has 1 heterocycles. The van der Waals surface area contributed by atoms with Gasteiger partial charge in [-0.2, -0.15) is 0 Å². The maximum absolute atomic E-state index is 11.8. The minimum atomic E-state index is -3.26. The third-order valence-electron chi connectivity index (χ3n) is 4.78. The highest BCUT2D eigenvalue weighted by Gasteiger charge is 2.30. The number of hydrogen-bond acceptors (Lipinski definition) is 5. The molecule has 25 heavy (non-hydrogen) atoms. The van der Waals surface area contributed by atoms with E-state index in [1.54, 1.807) is 18.2 Å². The van der Waals surface area contributed by atoms with Crippen molar-refractivity contribution in [3.63, 3.8) is 0 Å². The molecule has 0 bridgehead atoms. The molecule has 5 nitrogen and oxygen atoms in total. The molecule has 6 heteroatoms. The Morgan fingerprint density at radius 3 is 2.52 bits per heavy atom. The van der Waals surface area contributed by atoms with Crippen LogP contribution < -0.4 is 5.32 Å². The zero-order chi connectivity index (χ0) is 17.4. The highest BCUT2D eigenvalue weighted by molar-refractivity contribution is 7.90. The Hall–Kier alpha value is -2.47. The largest absolute Gasteiger partial charge is 0.367 e. The van der Waals surface area contributed by atoms with Gasteiger partial charge in [-0.15, -0.1) is 0 Å². The van der Waals surface area contributed by atoms with Crippen LogP contribution in [0.5, 0.6) is 0 Å². The first-order valence-electron chi connectivity index (χ1n) is 8.27. The van der Waals surface area contributed by atoms with E-state index in [9.17, 15) is 8.42 Å². The van der Waals surface area contributed by atoms with Gasteiger partial charge in [-0.25, -0.2) is 18.4 Å². The van der Waals surface area contributed by atoms with Crippen molar-refractivity contribution in [3.8, 4) is 0 Å². The van der Waals surface area contributed by atoms with E-state index in [-0.39, 0.29) is 4.90 Å². The number of fused-ring (bicyclic) bond motifs is 1. The fraction of sp³-hybridized carbons (Fsp3) is 0.263. The second kappa shape index (κ2) is 6.11. The summed E-state index contributed by atoms with van der Waals surface area (Å²) in [7, 11) is -3.26. The molecule has 0 unspecified atom stereocenters. The predicted molar refractivity (Wildman–Crippen MR) is 98.5 cm³/mol. The summed E-state index contributed by atoms with van der Waals surface area (Å²) in [4.78, 5) is 8.85. The fourth-order valence-corrected chi connectivity index (χ4v) is 3.95. The van der Waals surface area contributed by atoms with Gasteiger partial charge in [0.05, 0.1) is 10.4 Å². The van der Waals surface area contributed by atoms with Crippen molar-refractivity contribution in [1.82, 2.24) is 9.97 Å². The van der Waals surface area contributed by atoms with Crippen LogP contribution in [0.2, 0.25) is 0 Å². The van der Waals surface area contributed by atoms with E-state index in [1.165, 1.54) is 18.1 Å². The third-order valence-corrected chi connectivity index (χ3v) is 5.90. The zero-order valence-corrected chi connectivity index (χ0v) is 14.7. The van der Waals surface area contributed by atoms with E-state index in [1.807, 2.05) is 6.07 Å². The lowest BCUT2D eigenvalue weighted by Gasteiger charge is -2.36. The molecule has 1 N–H and O–H groups in total. The molecule has 2 aromatic carbocycles. The van der Waals surface area contributed by atoms with Crippen LogP contribution >= 0.6 is 0 Å². The highest BCUT2D eigenvalue weighted by Crippen LogP contribution is 2.38. The van der Waals surface area contributed by atoms with Crippen LogP contribution in [0, 0.1) is 0 Å². The maximum atomic E-state index is 11.8. The number of hydrogen-bond donors (Lipinski definition) is 1. The molecule has 128 valence electrons. The summed E-state index contributed by atoms with van der Waals surface area (Å²) < 4.78 is 23.6. The van der Waals surface area contributed by atoms with Crippen LogP contribution in [-0.2, 0) is 9.84 Å². The Bertz CT molecular complexity index is 1010. The van der Waals surface area contributed by atoms with Crippen LogP contribution in [0.3, 0.4) is 0 Å². The van der Waals surface area contributed by atoms with Gasteiger partial charge in [-0.05, 0) is 42.5 Å². The van der Waals surface area contributed by atoms with Crippen LogP contribution in [0.4, 0.5) is 5.82 Å². The summed E-state index contributed by atoms with van der Waals surface area (Å²) in [6, 6.07) is 15.8. The molecule has 0 atom stereocenters. The monoisotopic (exact) mass is 353 g/mol. The van der Waals surface area contributed by atoms with Gasteiger partial charge in [0, 0.05) is 17.7 Å². The maximum Gasteiger partial charge on any atom is 0.175 e. The second-order valence-electron chi connectivity index (χ2n) is 6.59. The minimum absolute atomic E-state index is 0.286. The van der Waals surface area contributed by atoms with Gasteiger partial charge in [-0.3, -0.25) is 0 Å². The number of aromatic nitrogens is 2. The third kappa shape index (κ3) is 3.22. The Morgan fingerprint density at radius 2 is 1.80 bits per heavy atom. The van der Waals surface area contributed by atoms with Crippen molar-refractivity contribution in [2.75, 3.05) is 11.6 Å². The SMILES string of the molecule is CS(=O)(=O)c1ccc2ncnc(NC3CC(c4ccccc4)C3)c2c1. The Labute approximate surface area is 147 Å². The van der Waals surface area contributed by atoms with Gasteiger partial charge in [0.15, 0.2) is 9.84 Å². The Kier molecular flexibility index (Phi) is 3.92. The lowest BCUT2D eigenvalue weighted by molar-refractivity contribution is 0.373. The summed E-state index contributed by atoms with van der Waals surface area (Å²) >= 11 is 0. The van der Waals surface area contributed by atoms with Crippen molar-refractivity contribution in [2.45, 2.75) is 29.7 Å². The zero-order valence-electron chi connectivity index (χ0n) is 13.9. The molecule has 0 amide bonds. The molecule has 0 saturated heterocycles. The van der Waals surface area contributed by atoms with Crippen molar-refractivity contribution >= 4 is 26.6 Å². The van der Waals surface area contributed by atoms with E-state index in [2.05, 4.69) is 39.6 Å². The van der Waals surface area contributed by atoms with E-state index in [4.69, 9.17) is 0 Å². The van der Waals surface area contributed by atoms with Crippen molar-refractivity contribution in [2.24, 2.45) is 0 Å². The van der Waals surface area contributed by atoms with Gasteiger partial charge >= 0.3 is 0 Å². The van der Waals surface area contributed by atoms with Crippen LogP contribution in [0.15, 0.2) is 59.8 Å². The summed E-state index contributed by atoms with van der Waals surface area (Å²) in [5, 5.41) is 4.20. The van der Waals surface area contributed by atoms with E-state index in [0.29, 0.717) is 17.8 Å². The molecule has 0 spiro atoms. The van der Waals surface area contributed by atoms with E-state index >= 15 is 0 Å². The first-order chi connectivity index (χ1) is 12.0. The predicted octanol–water partition coefficient (Wildman–Crippen LogP) is 3.39. The number of nitrogens with zero attached hydrogens (tertiary/aromatic N) is 2. The minimum Gasteiger partial charge on any atom is -0.367 e. The van der Waals surface area contributed by atoms with E-state index < -0.39 is 9.84 Å². The fourth-order valence-electron chi connectivity index (χ4n) is 3.31. The number of nitrogens with one attached hydrogen (secondary N) is 1. The van der Waals surface area contributed by atoms with Gasteiger partial charge in [0.2, 0.25) is 0 Å². The second-order valence-corrected chi connectivity index (χ2v) is 8.61. The summed E-state index contributed by atoms with van der Waals surface area (Å²) in [6.07, 6.45) is 4.81. The van der Waals surface area contributed by atoms with Gasteiger partial charge in [0.25, 0.3) is 0 Å². The first kappa shape index (κ1) is 16.0. The van der Waals surface area contributed by atoms with Gasteiger partial charge < -0.3 is 5.32 Å². The molecule has 3 aromatic rings. The molecule has 1 fully saturated rings. The van der Waals surface area contributed by atoms with Crippen LogP contribution in [0.25, 0.3) is 10.9 Å². The molecule has 1 aliphatic carbocycles. The number of sulfone groups is 1. The topological polar surface area (TPSA) is 72.0 Å². The van der Waals surface area contributed by atoms with Gasteiger partial charge in [0.1, 0.15) is 12.1 Å². The summed E-state index contributed by atoms with van der Waals surface area (Å²) in [6.45, 7) is 0. The molecular weight excluding hydrogens is 334 g/mol. The molecule has 4 rings (SSSR count). The molecule has 0 radical (unpaired) electrons. The average molecular weight is 353 g/mol. The van der Waals surface area contributed by atoms with E-state index in [0.717, 1.165) is 23.7 Å². The standard InChI is InChI=1S/C19H19N3O2S/c1-25(23,24)16-7-8-18-17(11-16)19(21-12-20-18)22-15-9-14(10-15)13-5-3-2-4-6-13/h2-8,11-12,14-15H,9-10H2,1H3,(H,20,21,22). The van der Waals surface area contributed by atoms with Crippen molar-refractivity contribution < 1.29 is 8.42 Å². The lowest BCUT2D eigenvalue weighted by atomic mass is 9.76. The molecule has 1 aliphatic rings. The number of anilines is 1. The first-order valence-corrected chi connectivity index (χ1v) is 10.2. The lowest BCUT2D eigenvalue weighted by Crippen LogP contribution is -2.34. The quantitative estimate of drug-likeness (QED) is 0.778. The molecule has 1 saturated carbocycles. The average Bonchev–Trinajstić information content (AvgIpc) is 2.57. The van der Waals surface area contributed by atoms with Crippen molar-refractivity contribution in [1.29, 1.82) is 0 Å². The number of benzene rings is 2. The number of rotatable bonds is 4. The van der Waals surface area contributed by atoms with Crippen LogP contribution in [0.1, 0.15) is 24.3 Å². The Balaban J connectivity index is 1.56. The highest BCUT2D eigenvalue weighted by atomic mass is 32.2. The molecule has 1 aromatic heterocycles. The summed E-state index contributed by atoms with van der Waals surface area (Å²) in [5.41, 5.74) is 2.11. The van der Waals surface area contributed by atoms with Crippen molar-refractivity contribution in [3.05, 3.63) is 60.4 Å². The van der Waals surface area contributed by atoms with Gasteiger partial charge in [-0.1, -0.05) is 30.3 Å². The molecular formula is C19H19N3O2S. The molecule has 0 aliphatic heterocycles. The summed E-state index contributed by atoms with van der Waals surface area (Å²) in [5.74, 6) is 1.27. The normalized spacial score (nSPS) is 20.2. The van der Waals surface area contributed by atoms with Crippen LogP contribution in [-0.4, -0.2) is 30.7 Å².